The number of nitrogens with zero attached hydrogens (tertiary/aromatic N) is 4. The molecule has 19 atom stereocenters. The highest BCUT2D eigenvalue weighted by Gasteiger charge is 2.54. The number of aromatic amines is 2. The second-order valence-corrected chi connectivity index (χ2v) is 24.2. The summed E-state index contributed by atoms with van der Waals surface area (Å²) in [6, 6.07) is 16.3. The maximum atomic E-state index is 11.8. The van der Waals surface area contributed by atoms with Crippen LogP contribution in [-0.4, -0.2) is 254 Å². The Morgan fingerprint density at radius 1 is 0.635 bits per heavy atom. The van der Waals surface area contributed by atoms with Gasteiger partial charge in [0.05, 0.1) is 53.0 Å². The van der Waals surface area contributed by atoms with E-state index in [1.165, 1.54) is 17.4 Å². The molecule has 0 radical (unpaired) electrons. The number of hydrogen-bond donors (Lipinski definition) is 16. The zero-order chi connectivity index (χ0) is 60.1. The molecule has 4 aliphatic heterocycles. The molecule has 0 amide bonds. The minimum Gasteiger partial charge on any atom is -0.494 e. The second-order valence-electron chi connectivity index (χ2n) is 22.6. The maximum absolute atomic E-state index is 11.8. The Morgan fingerprint density at radius 2 is 1.21 bits per heavy atom. The highest BCUT2D eigenvalue weighted by molar-refractivity contribution is 7.99. The smallest absolute Gasteiger partial charge is 0.187 e. The lowest BCUT2D eigenvalue weighted by Gasteiger charge is -2.47. The summed E-state index contributed by atoms with van der Waals surface area (Å²) in [4.78, 5) is 21.6. The number of unbranched alkanes of at least 4 members (excludes halogenated alkanes) is 2. The van der Waals surface area contributed by atoms with Crippen LogP contribution in [0, 0.1) is 0 Å². The molecule has 6 heterocycles. The minimum atomic E-state index is -1.55. The summed E-state index contributed by atoms with van der Waals surface area (Å²) in [5.41, 5.74) is 43.8. The molecule has 0 spiro atoms. The Labute approximate surface area is 502 Å². The molecular weight excluding hydrogens is 1140 g/mol. The van der Waals surface area contributed by atoms with E-state index in [0.29, 0.717) is 30.6 Å². The summed E-state index contributed by atoms with van der Waals surface area (Å²) in [6.07, 6.45) is -16.7. The van der Waals surface area contributed by atoms with E-state index in [-0.39, 0.29) is 25.3 Å². The van der Waals surface area contributed by atoms with Gasteiger partial charge < -0.3 is 129 Å². The van der Waals surface area contributed by atoms with E-state index in [0.717, 1.165) is 96.0 Å². The zero-order valence-electron chi connectivity index (χ0n) is 47.5. The lowest BCUT2D eigenvalue weighted by atomic mass is 9.84. The summed E-state index contributed by atoms with van der Waals surface area (Å²) in [5, 5.41) is 72.6. The summed E-state index contributed by atoms with van der Waals surface area (Å²) >= 11 is 7.01. The van der Waals surface area contributed by atoms with Gasteiger partial charge >= 0.3 is 0 Å². The van der Waals surface area contributed by atoms with Gasteiger partial charge in [0.1, 0.15) is 78.4 Å². The predicted octanol–water partition coefficient (Wildman–Crippen LogP) is -2.60. The fraction of sp³-hybridized carbons (Fsp3) is 0.625. The Morgan fingerprint density at radius 3 is 1.87 bits per heavy atom. The molecule has 85 heavy (non-hydrogen) atoms. The molecular formula is C56H84N14O13S2. The number of nitrogens with two attached hydrogens (primary N) is 6. The topological polar surface area (TPSA) is 430 Å². The molecule has 5 fully saturated rings. The SMILES string of the molecule is CN1CCN(c2ccc3nc(-c4ccc5nc(-c6ccc(OCCCCCNC(=S)NCCSC[C@H]7O[C@@H](O[C@@H]8[C@@H](O)[C@H](N)C[C@H](N)[C@H]8O[C@H]8O[C@H](CN)[C@@H](O)[C@H](O)[C@H]8N)[C@H](O)[C@@H]7O[C@H]7O[C@@H](CN)[C@@H](O)[C@H](O)[C@H]7N)cc6)[nH]c5c4)[nH]c3c2)CC1. The summed E-state index contributed by atoms with van der Waals surface area (Å²) in [6.45, 7) is 5.50. The number of H-pyrrole nitrogens is 2. The summed E-state index contributed by atoms with van der Waals surface area (Å²) in [7, 11) is 2.16. The van der Waals surface area contributed by atoms with E-state index in [4.69, 9.17) is 89.7 Å². The number of hydrogen-bond acceptors (Lipinski definition) is 25. The van der Waals surface area contributed by atoms with Crippen molar-refractivity contribution in [3.05, 3.63) is 60.7 Å². The molecule has 0 unspecified atom stereocenters. The number of aromatic nitrogens is 4. The first-order valence-electron chi connectivity index (χ1n) is 29.2. The minimum absolute atomic E-state index is 0.0896. The first-order valence-corrected chi connectivity index (χ1v) is 30.7. The van der Waals surface area contributed by atoms with Crippen molar-refractivity contribution in [3.8, 4) is 28.5 Å². The van der Waals surface area contributed by atoms with E-state index in [9.17, 15) is 30.6 Å². The van der Waals surface area contributed by atoms with E-state index < -0.39 is 116 Å². The largest absolute Gasteiger partial charge is 0.494 e. The maximum Gasteiger partial charge on any atom is 0.187 e. The summed E-state index contributed by atoms with van der Waals surface area (Å²) in [5.74, 6) is 3.15. The molecule has 4 saturated heterocycles. The van der Waals surface area contributed by atoms with Crippen molar-refractivity contribution in [2.24, 2.45) is 34.4 Å². The first-order chi connectivity index (χ1) is 41.0. The number of likely N-dealkylation sites (N-methyl/N-ethyl adjacent to an activating group) is 1. The molecule has 1 saturated carbocycles. The average molecular weight is 1230 g/mol. The molecule has 27 nitrogen and oxygen atoms in total. The van der Waals surface area contributed by atoms with Crippen molar-refractivity contribution in [2.75, 3.05) is 82.4 Å². The van der Waals surface area contributed by atoms with Gasteiger partial charge in [0.15, 0.2) is 24.0 Å². The number of imidazole rings is 2. The van der Waals surface area contributed by atoms with Crippen LogP contribution >= 0.6 is 24.0 Å². The molecule has 22 N–H and O–H groups in total. The number of fused-ring (bicyclic) bond motifs is 2. The first kappa shape index (κ1) is 63.5. The average Bonchev–Trinajstić information content (AvgIpc) is 4.29. The van der Waals surface area contributed by atoms with Gasteiger partial charge in [-0.25, -0.2) is 9.97 Å². The number of thiocarbonyl (C=S) groups is 1. The Kier molecular flexibility index (Phi) is 21.5. The fourth-order valence-electron chi connectivity index (χ4n) is 11.4. The molecule has 5 aromatic rings. The van der Waals surface area contributed by atoms with Gasteiger partial charge in [0, 0.05) is 92.8 Å². The van der Waals surface area contributed by atoms with Crippen LogP contribution in [-0.2, 0) is 28.4 Å². The number of nitrogens with one attached hydrogen (secondary N) is 4. The van der Waals surface area contributed by atoms with Crippen molar-refractivity contribution in [1.29, 1.82) is 0 Å². The predicted molar refractivity (Wildman–Crippen MR) is 323 cm³/mol. The number of aliphatic hydroxyl groups is 6. The van der Waals surface area contributed by atoms with E-state index in [1.807, 2.05) is 36.4 Å². The van der Waals surface area contributed by atoms with Crippen molar-refractivity contribution in [1.82, 2.24) is 35.5 Å². The quantitative estimate of drug-likeness (QED) is 0.0235. The number of anilines is 1. The molecule has 468 valence electrons. The molecule has 29 heteroatoms. The van der Waals surface area contributed by atoms with Gasteiger partial charge in [0.25, 0.3) is 0 Å². The molecule has 2 aromatic heterocycles. The van der Waals surface area contributed by atoms with Gasteiger partial charge in [-0.3, -0.25) is 0 Å². The molecule has 10 rings (SSSR count). The fourth-order valence-corrected chi connectivity index (χ4v) is 12.5. The van der Waals surface area contributed by atoms with Crippen LogP contribution in [0.15, 0.2) is 60.7 Å². The lowest BCUT2D eigenvalue weighted by Crippen LogP contribution is -2.68. The second kappa shape index (κ2) is 28.8. The molecule has 3 aromatic carbocycles. The van der Waals surface area contributed by atoms with Crippen LogP contribution in [0.25, 0.3) is 44.8 Å². The lowest BCUT2D eigenvalue weighted by molar-refractivity contribution is -0.306. The zero-order valence-corrected chi connectivity index (χ0v) is 49.1. The standard InChI is InChI=1S/C56H84N14O13S2/c1-69-15-17-70(18-16-69)29-8-12-34-36(22-29)68-52(66-34)28-7-11-33-35(21-28)67-51(65-33)27-5-9-30(10-6-27)77-19-4-2-3-13-63-56(84)64-14-20-85-26-39-49(82-54-41(62)46(75)44(73)38(25-58)79-54)47(76)55(80-39)83-50-42(71)31(59)23-32(60)48(50)81-53-40(61)45(74)43(72)37(24-57)78-53/h5-12,21-22,31-32,37-50,53-55,71-76H,2-4,13-20,23-26,57-62H2,1H3,(H,65,67)(H,66,68)(H2,63,64,84)/t31-,32+,37-,38+,39-,40-,41-,42+,43-,44-,45-,46-,47-,48-,49-,50-,53-,54-,55+/m1/s1. The van der Waals surface area contributed by atoms with Crippen LogP contribution in [0.4, 0.5) is 5.69 Å². The third kappa shape index (κ3) is 14.8. The number of piperazine rings is 1. The number of thioether (sulfide) groups is 1. The number of aliphatic hydroxyl groups excluding tert-OH is 6. The molecule has 5 aliphatic rings. The van der Waals surface area contributed by atoms with Crippen LogP contribution in [0.5, 0.6) is 5.75 Å². The highest BCUT2D eigenvalue weighted by atomic mass is 32.2. The van der Waals surface area contributed by atoms with E-state index >= 15 is 0 Å². The van der Waals surface area contributed by atoms with Crippen LogP contribution < -0.4 is 54.7 Å². The van der Waals surface area contributed by atoms with Gasteiger partial charge in [-0.2, -0.15) is 11.8 Å². The van der Waals surface area contributed by atoms with Gasteiger partial charge in [0.2, 0.25) is 0 Å². The highest BCUT2D eigenvalue weighted by Crippen LogP contribution is 2.36. The third-order valence-corrected chi connectivity index (χ3v) is 17.9. The number of ether oxygens (including phenoxy) is 7. The van der Waals surface area contributed by atoms with E-state index in [2.05, 4.69) is 61.7 Å². The Balaban J connectivity index is 0.653. The van der Waals surface area contributed by atoms with Crippen molar-refractivity contribution >= 4 is 56.8 Å². The third-order valence-electron chi connectivity index (χ3n) is 16.6. The van der Waals surface area contributed by atoms with Crippen LogP contribution in [0.3, 0.4) is 0 Å². The Hall–Kier alpha value is -4.52. The monoisotopic (exact) mass is 1220 g/mol. The van der Waals surface area contributed by atoms with Gasteiger partial charge in [-0.05, 0) is 106 Å². The van der Waals surface area contributed by atoms with Crippen LogP contribution in [0.1, 0.15) is 25.7 Å². The number of benzene rings is 3. The summed E-state index contributed by atoms with van der Waals surface area (Å²) < 4.78 is 42.8. The Bertz CT molecular complexity index is 2950. The van der Waals surface area contributed by atoms with Crippen molar-refractivity contribution in [3.63, 3.8) is 0 Å². The van der Waals surface area contributed by atoms with Crippen molar-refractivity contribution < 1.29 is 63.8 Å². The molecule has 1 aliphatic carbocycles. The van der Waals surface area contributed by atoms with Gasteiger partial charge in [-0.1, -0.05) is 0 Å². The van der Waals surface area contributed by atoms with Crippen molar-refractivity contribution in [2.45, 2.75) is 142 Å². The molecule has 0 bridgehead atoms. The normalized spacial score (nSPS) is 33.8. The van der Waals surface area contributed by atoms with E-state index in [1.54, 1.807) is 0 Å². The van der Waals surface area contributed by atoms with Crippen LogP contribution in [0.2, 0.25) is 0 Å². The number of rotatable bonds is 23. The van der Waals surface area contributed by atoms with Gasteiger partial charge in [-0.15, -0.1) is 0 Å².